The van der Waals surface area contributed by atoms with Gasteiger partial charge in [-0.1, -0.05) is 18.2 Å². The van der Waals surface area contributed by atoms with Crippen LogP contribution in [0.3, 0.4) is 0 Å². The molecule has 8 heteroatoms. The normalized spacial score (nSPS) is 21.0. The van der Waals surface area contributed by atoms with E-state index in [1.165, 1.54) is 9.87 Å². The molecule has 158 valence electrons. The number of morpholine rings is 1. The highest BCUT2D eigenvalue weighted by molar-refractivity contribution is 7.92. The van der Waals surface area contributed by atoms with Gasteiger partial charge in [0.2, 0.25) is 0 Å². The summed E-state index contributed by atoms with van der Waals surface area (Å²) in [4.78, 5) is 15.0. The molecule has 2 aromatic rings. The van der Waals surface area contributed by atoms with Gasteiger partial charge in [-0.05, 0) is 54.7 Å². The molecule has 0 radical (unpaired) electrons. The maximum atomic E-state index is 13.6. The molecule has 1 aliphatic carbocycles. The number of nitrogens with zero attached hydrogens (tertiary/aromatic N) is 2. The monoisotopic (exact) mass is 428 g/mol. The average molecular weight is 429 g/mol. The Labute approximate surface area is 176 Å². The number of carbonyl (C=O) groups excluding carboxylic acids is 1. The lowest BCUT2D eigenvalue weighted by Gasteiger charge is -2.37. The largest absolute Gasteiger partial charge is 0.476 e. The van der Waals surface area contributed by atoms with E-state index in [1.54, 1.807) is 41.3 Å². The molecule has 0 saturated carbocycles. The van der Waals surface area contributed by atoms with Crippen LogP contribution >= 0.6 is 0 Å². The van der Waals surface area contributed by atoms with Gasteiger partial charge in [0.25, 0.3) is 15.9 Å². The van der Waals surface area contributed by atoms with Crippen molar-refractivity contribution in [1.29, 1.82) is 0 Å². The van der Waals surface area contributed by atoms with E-state index in [1.807, 2.05) is 6.07 Å². The fraction of sp³-hybridized carbons (Fsp3) is 0.409. The predicted octanol–water partition coefficient (Wildman–Crippen LogP) is 1.99. The highest BCUT2D eigenvalue weighted by Crippen LogP contribution is 2.37. The highest BCUT2D eigenvalue weighted by Gasteiger charge is 2.39. The zero-order valence-corrected chi connectivity index (χ0v) is 17.4. The second kappa shape index (κ2) is 7.59. The smallest absolute Gasteiger partial charge is 0.265 e. The van der Waals surface area contributed by atoms with Crippen molar-refractivity contribution >= 4 is 21.6 Å². The van der Waals surface area contributed by atoms with Gasteiger partial charge >= 0.3 is 0 Å². The summed E-state index contributed by atoms with van der Waals surface area (Å²) in [5.41, 5.74) is 2.78. The van der Waals surface area contributed by atoms with E-state index in [0.717, 1.165) is 24.8 Å². The molecule has 0 aromatic heterocycles. The molecule has 3 aliphatic rings. The lowest BCUT2D eigenvalue weighted by atomic mass is 10.1. The van der Waals surface area contributed by atoms with Crippen molar-refractivity contribution in [2.45, 2.75) is 30.3 Å². The summed E-state index contributed by atoms with van der Waals surface area (Å²) in [6.07, 6.45) is 2.06. The molecule has 2 aliphatic heterocycles. The number of amides is 1. The molecular weight excluding hydrogens is 404 g/mol. The molecule has 2 heterocycles. The Hall–Kier alpha value is -2.58. The topological polar surface area (TPSA) is 76.2 Å². The molecule has 0 unspecified atom stereocenters. The van der Waals surface area contributed by atoms with Gasteiger partial charge in [0.15, 0.2) is 6.10 Å². The summed E-state index contributed by atoms with van der Waals surface area (Å²) in [7, 11) is -3.84. The number of hydrogen-bond donors (Lipinski definition) is 0. The van der Waals surface area contributed by atoms with E-state index in [4.69, 9.17) is 9.47 Å². The van der Waals surface area contributed by atoms with Crippen LogP contribution in [-0.4, -0.2) is 58.2 Å². The van der Waals surface area contributed by atoms with Crippen molar-refractivity contribution in [2.75, 3.05) is 37.2 Å². The number of fused-ring (bicyclic) bond motifs is 2. The molecule has 5 rings (SSSR count). The predicted molar refractivity (Wildman–Crippen MR) is 111 cm³/mol. The molecule has 2 aromatic carbocycles. The highest BCUT2D eigenvalue weighted by atomic mass is 32.2. The maximum Gasteiger partial charge on any atom is 0.265 e. The SMILES string of the molecule is O=C([C@@H]1CN(S(=O)(=O)c2ccc3c(c2)CCC3)c2ccccc2O1)N1CCOCC1. The van der Waals surface area contributed by atoms with E-state index in [9.17, 15) is 13.2 Å². The molecule has 1 fully saturated rings. The second-order valence-corrected chi connectivity index (χ2v) is 9.69. The number of ether oxygens (including phenoxy) is 2. The average Bonchev–Trinajstić information content (AvgIpc) is 3.26. The third-order valence-corrected chi connectivity index (χ3v) is 7.77. The van der Waals surface area contributed by atoms with E-state index >= 15 is 0 Å². The zero-order valence-electron chi connectivity index (χ0n) is 16.6. The standard InChI is InChI=1S/C22H24N2O5S/c25-22(23-10-12-28-13-11-23)21-15-24(19-6-1-2-7-20(19)29-21)30(26,27)18-9-8-16-4-3-5-17(16)14-18/h1-2,6-9,14,21H,3-5,10-13,15H2/t21-/m0/s1. The Morgan fingerprint density at radius 3 is 2.60 bits per heavy atom. The van der Waals surface area contributed by atoms with Crippen LogP contribution in [0.15, 0.2) is 47.4 Å². The third-order valence-electron chi connectivity index (χ3n) is 5.99. The minimum absolute atomic E-state index is 0.0490. The van der Waals surface area contributed by atoms with Crippen LogP contribution in [0.5, 0.6) is 5.75 Å². The Morgan fingerprint density at radius 1 is 1.00 bits per heavy atom. The van der Waals surface area contributed by atoms with Crippen LogP contribution in [0.25, 0.3) is 0 Å². The Bertz CT molecular complexity index is 1080. The molecule has 1 saturated heterocycles. The fourth-order valence-corrected chi connectivity index (χ4v) is 5.91. The summed E-state index contributed by atoms with van der Waals surface area (Å²) in [6.45, 7) is 1.88. The van der Waals surface area contributed by atoms with Crippen LogP contribution in [0.2, 0.25) is 0 Å². The number of anilines is 1. The molecule has 0 bridgehead atoms. The molecule has 7 nitrogen and oxygen atoms in total. The minimum atomic E-state index is -3.84. The first-order chi connectivity index (χ1) is 14.5. The number of para-hydroxylation sites is 2. The Kier molecular flexibility index (Phi) is 4.91. The van der Waals surface area contributed by atoms with Crippen molar-refractivity contribution in [3.63, 3.8) is 0 Å². The van der Waals surface area contributed by atoms with E-state index < -0.39 is 16.1 Å². The summed E-state index contributed by atoms with van der Waals surface area (Å²) < 4.78 is 39.8. The van der Waals surface area contributed by atoms with Gasteiger partial charge in [-0.2, -0.15) is 0 Å². The lowest BCUT2D eigenvalue weighted by molar-refractivity contribution is -0.142. The van der Waals surface area contributed by atoms with E-state index in [0.29, 0.717) is 37.7 Å². The van der Waals surface area contributed by atoms with Gasteiger partial charge in [0.05, 0.1) is 30.3 Å². The van der Waals surface area contributed by atoms with Gasteiger partial charge in [-0.25, -0.2) is 8.42 Å². The maximum absolute atomic E-state index is 13.6. The Balaban J connectivity index is 1.50. The van der Waals surface area contributed by atoms with Crippen LogP contribution in [0.4, 0.5) is 5.69 Å². The zero-order chi connectivity index (χ0) is 20.7. The summed E-state index contributed by atoms with van der Waals surface area (Å²) in [5.74, 6) is 0.196. The van der Waals surface area contributed by atoms with E-state index in [2.05, 4.69) is 0 Å². The summed E-state index contributed by atoms with van der Waals surface area (Å²) >= 11 is 0. The van der Waals surface area contributed by atoms with Crippen molar-refractivity contribution in [2.24, 2.45) is 0 Å². The lowest BCUT2D eigenvalue weighted by Crippen LogP contribution is -2.54. The van der Waals surface area contributed by atoms with Crippen molar-refractivity contribution in [3.8, 4) is 5.75 Å². The van der Waals surface area contributed by atoms with E-state index in [-0.39, 0.29) is 17.3 Å². The molecule has 0 N–H and O–H groups in total. The van der Waals surface area contributed by atoms with Gasteiger partial charge in [0, 0.05) is 13.1 Å². The number of sulfonamides is 1. The number of carbonyl (C=O) groups is 1. The number of benzene rings is 2. The minimum Gasteiger partial charge on any atom is -0.476 e. The Morgan fingerprint density at radius 2 is 1.77 bits per heavy atom. The fourth-order valence-electron chi connectivity index (χ4n) is 4.38. The van der Waals surface area contributed by atoms with Gasteiger partial charge in [0.1, 0.15) is 5.75 Å². The van der Waals surface area contributed by atoms with Gasteiger partial charge < -0.3 is 14.4 Å². The molecule has 1 atom stereocenters. The number of aryl methyl sites for hydroxylation is 2. The summed E-state index contributed by atoms with van der Waals surface area (Å²) in [5, 5.41) is 0. The van der Waals surface area contributed by atoms with Crippen molar-refractivity contribution in [3.05, 3.63) is 53.6 Å². The van der Waals surface area contributed by atoms with Crippen molar-refractivity contribution < 1.29 is 22.7 Å². The summed E-state index contributed by atoms with van der Waals surface area (Å²) in [6, 6.07) is 12.4. The van der Waals surface area contributed by atoms with Crippen LogP contribution < -0.4 is 9.04 Å². The second-order valence-electron chi connectivity index (χ2n) is 7.83. The van der Waals surface area contributed by atoms with Gasteiger partial charge in [-0.3, -0.25) is 9.10 Å². The quantitative estimate of drug-likeness (QED) is 0.747. The third kappa shape index (κ3) is 3.33. The molecule has 1 amide bonds. The number of hydrogen-bond acceptors (Lipinski definition) is 5. The van der Waals surface area contributed by atoms with Crippen LogP contribution in [-0.2, 0) is 32.4 Å². The van der Waals surface area contributed by atoms with Crippen LogP contribution in [0, 0.1) is 0 Å². The first kappa shape index (κ1) is 19.4. The molecular formula is C22H24N2O5S. The van der Waals surface area contributed by atoms with Crippen LogP contribution in [0.1, 0.15) is 17.5 Å². The first-order valence-corrected chi connectivity index (χ1v) is 11.7. The molecule has 0 spiro atoms. The van der Waals surface area contributed by atoms with Gasteiger partial charge in [-0.15, -0.1) is 0 Å². The first-order valence-electron chi connectivity index (χ1n) is 10.3. The molecule has 30 heavy (non-hydrogen) atoms. The van der Waals surface area contributed by atoms with Crippen molar-refractivity contribution in [1.82, 2.24) is 4.90 Å². The number of rotatable bonds is 3.